The fourth-order valence-electron chi connectivity index (χ4n) is 2.57. The Hall–Kier alpha value is -2.47. The summed E-state index contributed by atoms with van der Waals surface area (Å²) in [6, 6.07) is 0. The summed E-state index contributed by atoms with van der Waals surface area (Å²) in [4.78, 5) is 59.9. The quantitative estimate of drug-likeness (QED) is 0.470. The van der Waals surface area contributed by atoms with Crippen molar-refractivity contribution in [3.63, 3.8) is 0 Å². The Labute approximate surface area is 160 Å². The van der Waals surface area contributed by atoms with Crippen LogP contribution in [0.4, 0.5) is 0 Å². The van der Waals surface area contributed by atoms with Gasteiger partial charge in [0.05, 0.1) is 4.47 Å². The van der Waals surface area contributed by atoms with Crippen LogP contribution in [-0.4, -0.2) is 52.4 Å². The molecule has 0 aromatic carbocycles. The highest BCUT2D eigenvalue weighted by Crippen LogP contribution is 2.33. The highest BCUT2D eigenvalue weighted by atomic mass is 79.9. The number of aromatic nitrogens is 2. The number of carbonyl (C=O) groups excluding carboxylic acids is 3. The minimum absolute atomic E-state index is 0.0275. The monoisotopic (exact) mass is 448 g/mol. The Bertz CT molecular complexity index is 862. The number of rotatable bonds is 5. The summed E-state index contributed by atoms with van der Waals surface area (Å²) >= 11 is 3.00. The smallest absolute Gasteiger partial charge is 0.330 e. The molecular weight excluding hydrogens is 432 g/mol. The zero-order chi connectivity index (χ0) is 20.3. The van der Waals surface area contributed by atoms with E-state index >= 15 is 0 Å². The normalized spacial score (nSPS) is 24.3. The maximum Gasteiger partial charge on any atom is 0.330 e. The standard InChI is InChI=1S/C15H17BrN2O9/c1-6(19)24-5-10-11(25-7(2)20)12(26-8(3)21)14(27-10)18-4-9(16)13(22)17-15(18)23/h4,10-12,14H,5H2,1-3H3,(H,17,22,23)/t10-,11-,12-,14-/m0/s1. The molecule has 0 aliphatic carbocycles. The van der Waals surface area contributed by atoms with Crippen LogP contribution in [0, 0.1) is 0 Å². The zero-order valence-electron chi connectivity index (χ0n) is 14.6. The lowest BCUT2D eigenvalue weighted by Crippen LogP contribution is -2.42. The van der Waals surface area contributed by atoms with Gasteiger partial charge >= 0.3 is 23.6 Å². The van der Waals surface area contributed by atoms with Crippen LogP contribution in [0.1, 0.15) is 27.0 Å². The Balaban J connectivity index is 2.47. The van der Waals surface area contributed by atoms with Crippen molar-refractivity contribution >= 4 is 33.8 Å². The first kappa shape index (κ1) is 20.8. The van der Waals surface area contributed by atoms with Crippen LogP contribution >= 0.6 is 15.9 Å². The van der Waals surface area contributed by atoms with Crippen LogP contribution in [0.3, 0.4) is 0 Å². The predicted molar refractivity (Wildman–Crippen MR) is 90.7 cm³/mol. The number of hydrogen-bond acceptors (Lipinski definition) is 9. The van der Waals surface area contributed by atoms with E-state index in [9.17, 15) is 24.0 Å². The summed E-state index contributed by atoms with van der Waals surface area (Å²) in [6.45, 7) is 3.15. The molecule has 1 aromatic rings. The van der Waals surface area contributed by atoms with Gasteiger partial charge in [-0.15, -0.1) is 0 Å². The Morgan fingerprint density at radius 3 is 2.26 bits per heavy atom. The summed E-state index contributed by atoms with van der Waals surface area (Å²) in [5.74, 6) is -2.00. The third kappa shape index (κ3) is 5.04. The molecule has 0 saturated carbocycles. The van der Waals surface area contributed by atoms with Gasteiger partial charge in [-0.05, 0) is 15.9 Å². The number of nitrogens with one attached hydrogen (secondary N) is 1. The number of hydrogen-bond donors (Lipinski definition) is 1. The van der Waals surface area contributed by atoms with E-state index in [1.165, 1.54) is 6.92 Å². The number of H-pyrrole nitrogens is 1. The molecular formula is C15H17BrN2O9. The highest BCUT2D eigenvalue weighted by molar-refractivity contribution is 9.10. The lowest BCUT2D eigenvalue weighted by atomic mass is 10.1. The molecule has 0 amide bonds. The van der Waals surface area contributed by atoms with Crippen molar-refractivity contribution in [2.24, 2.45) is 0 Å². The van der Waals surface area contributed by atoms with Gasteiger partial charge in [0.15, 0.2) is 18.4 Å². The van der Waals surface area contributed by atoms with Gasteiger partial charge in [-0.1, -0.05) is 0 Å². The van der Waals surface area contributed by atoms with Crippen molar-refractivity contribution in [2.75, 3.05) is 6.61 Å². The van der Waals surface area contributed by atoms with Crippen molar-refractivity contribution in [3.8, 4) is 0 Å². The van der Waals surface area contributed by atoms with Crippen LogP contribution in [0.5, 0.6) is 0 Å². The van der Waals surface area contributed by atoms with E-state index in [1.807, 2.05) is 0 Å². The first-order chi connectivity index (χ1) is 12.6. The highest BCUT2D eigenvalue weighted by Gasteiger charge is 2.51. The van der Waals surface area contributed by atoms with Gasteiger partial charge in [0, 0.05) is 27.0 Å². The molecule has 1 aliphatic rings. The van der Waals surface area contributed by atoms with Crippen LogP contribution < -0.4 is 11.2 Å². The summed E-state index contributed by atoms with van der Waals surface area (Å²) < 4.78 is 22.0. The summed E-state index contributed by atoms with van der Waals surface area (Å²) in [6.07, 6.45) is -3.46. The molecule has 0 unspecified atom stereocenters. The largest absolute Gasteiger partial charge is 0.463 e. The average Bonchev–Trinajstić information content (AvgIpc) is 2.85. The molecule has 0 radical (unpaired) electrons. The van der Waals surface area contributed by atoms with Gasteiger partial charge in [-0.2, -0.15) is 0 Å². The maximum atomic E-state index is 12.2. The van der Waals surface area contributed by atoms with Gasteiger partial charge in [-0.25, -0.2) is 4.79 Å². The predicted octanol–water partition coefficient (Wildman–Crippen LogP) is -0.377. The minimum atomic E-state index is -1.24. The number of nitrogens with zero attached hydrogens (tertiary/aromatic N) is 1. The second-order valence-electron chi connectivity index (χ2n) is 5.66. The van der Waals surface area contributed by atoms with Crippen molar-refractivity contribution in [2.45, 2.75) is 45.3 Å². The van der Waals surface area contributed by atoms with E-state index in [0.29, 0.717) is 0 Å². The molecule has 27 heavy (non-hydrogen) atoms. The molecule has 2 heterocycles. The van der Waals surface area contributed by atoms with Crippen molar-refractivity contribution in [1.29, 1.82) is 0 Å². The number of esters is 3. The third-order valence-corrected chi connectivity index (χ3v) is 4.10. The first-order valence-electron chi connectivity index (χ1n) is 7.74. The van der Waals surface area contributed by atoms with Crippen LogP contribution in [0.2, 0.25) is 0 Å². The molecule has 0 spiro atoms. The number of carbonyl (C=O) groups is 3. The molecule has 2 rings (SSSR count). The van der Waals surface area contributed by atoms with E-state index in [1.54, 1.807) is 0 Å². The second kappa shape index (κ2) is 8.48. The summed E-state index contributed by atoms with van der Waals surface area (Å²) in [5.41, 5.74) is -1.49. The fraction of sp³-hybridized carbons (Fsp3) is 0.533. The molecule has 1 fully saturated rings. The van der Waals surface area contributed by atoms with Gasteiger partial charge < -0.3 is 18.9 Å². The summed E-state index contributed by atoms with van der Waals surface area (Å²) in [7, 11) is 0. The lowest BCUT2D eigenvalue weighted by molar-refractivity contribution is -0.166. The van der Waals surface area contributed by atoms with Gasteiger partial charge in [-0.3, -0.25) is 28.7 Å². The van der Waals surface area contributed by atoms with E-state index < -0.39 is 53.7 Å². The van der Waals surface area contributed by atoms with Crippen molar-refractivity contribution in [3.05, 3.63) is 31.5 Å². The van der Waals surface area contributed by atoms with E-state index in [4.69, 9.17) is 18.9 Å². The van der Waals surface area contributed by atoms with Crippen LogP contribution in [-0.2, 0) is 33.3 Å². The minimum Gasteiger partial charge on any atom is -0.463 e. The molecule has 1 aliphatic heterocycles. The van der Waals surface area contributed by atoms with Gasteiger partial charge in [0.2, 0.25) is 0 Å². The Kier molecular flexibility index (Phi) is 6.54. The zero-order valence-corrected chi connectivity index (χ0v) is 16.2. The van der Waals surface area contributed by atoms with Crippen LogP contribution in [0.25, 0.3) is 0 Å². The average molecular weight is 449 g/mol. The molecule has 12 heteroatoms. The SMILES string of the molecule is CC(=O)OC[C@@H]1O[C@H](n2cc(Br)c(=O)[nH]c2=O)[C@@H](OC(C)=O)[C@H]1OC(C)=O. The van der Waals surface area contributed by atoms with Gasteiger partial charge in [0.1, 0.15) is 12.7 Å². The number of halogens is 1. The maximum absolute atomic E-state index is 12.2. The molecule has 1 saturated heterocycles. The van der Waals surface area contributed by atoms with Crippen molar-refractivity contribution < 1.29 is 33.3 Å². The second-order valence-corrected chi connectivity index (χ2v) is 6.51. The van der Waals surface area contributed by atoms with Crippen molar-refractivity contribution in [1.82, 2.24) is 9.55 Å². The fourth-order valence-corrected chi connectivity index (χ4v) is 2.89. The third-order valence-electron chi connectivity index (χ3n) is 3.54. The van der Waals surface area contributed by atoms with E-state index in [2.05, 4.69) is 20.9 Å². The van der Waals surface area contributed by atoms with Crippen LogP contribution in [0.15, 0.2) is 20.3 Å². The van der Waals surface area contributed by atoms with E-state index in [-0.39, 0.29) is 11.1 Å². The Morgan fingerprint density at radius 2 is 1.70 bits per heavy atom. The molecule has 148 valence electrons. The Morgan fingerprint density at radius 1 is 1.11 bits per heavy atom. The molecule has 11 nitrogen and oxygen atoms in total. The molecule has 0 bridgehead atoms. The first-order valence-corrected chi connectivity index (χ1v) is 8.53. The molecule has 1 N–H and O–H groups in total. The lowest BCUT2D eigenvalue weighted by Gasteiger charge is -2.23. The number of ether oxygens (including phenoxy) is 4. The summed E-state index contributed by atoms with van der Waals surface area (Å²) in [5, 5.41) is 0. The molecule has 1 aromatic heterocycles. The topological polar surface area (TPSA) is 143 Å². The van der Waals surface area contributed by atoms with E-state index in [0.717, 1.165) is 24.6 Å². The number of aromatic amines is 1. The van der Waals surface area contributed by atoms with Gasteiger partial charge in [0.25, 0.3) is 5.56 Å². The molecule has 4 atom stereocenters.